The Morgan fingerprint density at radius 3 is 2.65 bits per heavy atom. The van der Waals surface area contributed by atoms with Crippen molar-refractivity contribution in [2.24, 2.45) is 5.92 Å². The van der Waals surface area contributed by atoms with Gasteiger partial charge in [0.05, 0.1) is 6.54 Å². The number of carboxylic acid groups (broad SMARTS) is 1. The number of hydrogen-bond donors (Lipinski definition) is 2. The fraction of sp³-hybridized carbons (Fsp3) is 0.833. The largest absolute Gasteiger partial charge is 0.480 e. The minimum atomic E-state index is -0.825. The predicted molar refractivity (Wildman–Crippen MR) is 64.7 cm³/mol. The lowest BCUT2D eigenvalue weighted by molar-refractivity contribution is -0.146. The van der Waals surface area contributed by atoms with Crippen LogP contribution >= 0.6 is 0 Å². The molecule has 0 aliphatic carbocycles. The molecule has 5 nitrogen and oxygen atoms in total. The van der Waals surface area contributed by atoms with Gasteiger partial charge in [0.2, 0.25) is 5.91 Å². The summed E-state index contributed by atoms with van der Waals surface area (Å²) in [5, 5.41) is 11.9. The molecule has 0 aromatic carbocycles. The zero-order chi connectivity index (χ0) is 13.0. The highest BCUT2D eigenvalue weighted by Crippen LogP contribution is 2.22. The Morgan fingerprint density at radius 1 is 1.47 bits per heavy atom. The highest BCUT2D eigenvalue weighted by atomic mass is 16.4. The van der Waals surface area contributed by atoms with Crippen LogP contribution in [0.5, 0.6) is 0 Å². The van der Waals surface area contributed by atoms with Gasteiger partial charge in [0.15, 0.2) is 0 Å². The number of carboxylic acids is 1. The van der Waals surface area contributed by atoms with Crippen molar-refractivity contribution in [1.29, 1.82) is 0 Å². The van der Waals surface area contributed by atoms with Crippen LogP contribution in [0.15, 0.2) is 0 Å². The number of piperidine rings is 1. The van der Waals surface area contributed by atoms with E-state index in [0.717, 1.165) is 6.42 Å². The SMILES string of the molecule is CC1CCN(CC(=O)NC(C)C)C(C(=O)O)C1. The summed E-state index contributed by atoms with van der Waals surface area (Å²) in [6.07, 6.45) is 1.59. The molecular weight excluding hydrogens is 220 g/mol. The average molecular weight is 242 g/mol. The molecule has 1 rings (SSSR count). The van der Waals surface area contributed by atoms with Gasteiger partial charge in [-0.2, -0.15) is 0 Å². The first-order valence-electron chi connectivity index (χ1n) is 6.16. The third-order valence-corrected chi connectivity index (χ3v) is 3.06. The van der Waals surface area contributed by atoms with Crippen molar-refractivity contribution in [2.45, 2.75) is 45.7 Å². The maximum absolute atomic E-state index is 11.6. The van der Waals surface area contributed by atoms with Gasteiger partial charge in [0.1, 0.15) is 6.04 Å². The minimum Gasteiger partial charge on any atom is -0.480 e. The van der Waals surface area contributed by atoms with Crippen molar-refractivity contribution in [3.05, 3.63) is 0 Å². The fourth-order valence-corrected chi connectivity index (χ4v) is 2.19. The highest BCUT2D eigenvalue weighted by molar-refractivity contribution is 5.80. The van der Waals surface area contributed by atoms with E-state index in [9.17, 15) is 9.59 Å². The van der Waals surface area contributed by atoms with Gasteiger partial charge in [-0.1, -0.05) is 6.92 Å². The molecule has 2 atom stereocenters. The molecule has 2 unspecified atom stereocenters. The van der Waals surface area contributed by atoms with Crippen molar-refractivity contribution in [2.75, 3.05) is 13.1 Å². The Balaban J connectivity index is 2.55. The summed E-state index contributed by atoms with van der Waals surface area (Å²) in [7, 11) is 0. The molecule has 1 amide bonds. The topological polar surface area (TPSA) is 69.6 Å². The second-order valence-electron chi connectivity index (χ2n) is 5.18. The Labute approximate surface area is 102 Å². The Morgan fingerprint density at radius 2 is 2.12 bits per heavy atom. The van der Waals surface area contributed by atoms with Gasteiger partial charge in [0, 0.05) is 6.04 Å². The van der Waals surface area contributed by atoms with Gasteiger partial charge < -0.3 is 10.4 Å². The van der Waals surface area contributed by atoms with Crippen LogP contribution in [-0.2, 0) is 9.59 Å². The van der Waals surface area contributed by atoms with Crippen LogP contribution in [0.25, 0.3) is 0 Å². The number of likely N-dealkylation sites (tertiary alicyclic amines) is 1. The lowest BCUT2D eigenvalue weighted by Gasteiger charge is -2.35. The first-order chi connectivity index (χ1) is 7.90. The van der Waals surface area contributed by atoms with Crippen LogP contribution in [0.3, 0.4) is 0 Å². The third kappa shape index (κ3) is 4.34. The molecule has 1 aliphatic heterocycles. The minimum absolute atomic E-state index is 0.0921. The summed E-state index contributed by atoms with van der Waals surface area (Å²) >= 11 is 0. The second-order valence-corrected chi connectivity index (χ2v) is 5.18. The van der Waals surface area contributed by atoms with E-state index in [4.69, 9.17) is 5.11 Å². The van der Waals surface area contributed by atoms with E-state index in [-0.39, 0.29) is 18.5 Å². The average Bonchev–Trinajstić information content (AvgIpc) is 2.19. The lowest BCUT2D eigenvalue weighted by atomic mass is 9.92. The van der Waals surface area contributed by atoms with E-state index < -0.39 is 12.0 Å². The zero-order valence-corrected chi connectivity index (χ0v) is 10.8. The Kier molecular flexibility index (Phi) is 4.93. The van der Waals surface area contributed by atoms with Gasteiger partial charge in [0.25, 0.3) is 0 Å². The molecule has 1 saturated heterocycles. The molecule has 1 heterocycles. The summed E-state index contributed by atoms with van der Waals surface area (Å²) in [4.78, 5) is 24.5. The molecular formula is C12H22N2O3. The molecule has 0 bridgehead atoms. The normalized spacial score (nSPS) is 25.9. The molecule has 0 saturated carbocycles. The van der Waals surface area contributed by atoms with Crippen molar-refractivity contribution in [1.82, 2.24) is 10.2 Å². The van der Waals surface area contributed by atoms with Gasteiger partial charge in [-0.3, -0.25) is 14.5 Å². The van der Waals surface area contributed by atoms with E-state index in [2.05, 4.69) is 12.2 Å². The maximum Gasteiger partial charge on any atom is 0.320 e. The molecule has 0 spiro atoms. The van der Waals surface area contributed by atoms with Crippen molar-refractivity contribution in [3.8, 4) is 0 Å². The van der Waals surface area contributed by atoms with E-state index in [0.29, 0.717) is 18.9 Å². The quantitative estimate of drug-likeness (QED) is 0.761. The van der Waals surface area contributed by atoms with Crippen LogP contribution < -0.4 is 5.32 Å². The summed E-state index contributed by atoms with van der Waals surface area (Å²) < 4.78 is 0. The second kappa shape index (κ2) is 6.00. The van der Waals surface area contributed by atoms with E-state index in [1.165, 1.54) is 0 Å². The number of aliphatic carboxylic acids is 1. The number of nitrogens with zero attached hydrogens (tertiary/aromatic N) is 1. The number of hydrogen-bond acceptors (Lipinski definition) is 3. The summed E-state index contributed by atoms with van der Waals surface area (Å²) in [6, 6.07) is -0.425. The van der Waals surface area contributed by atoms with Crippen molar-refractivity contribution < 1.29 is 14.7 Å². The number of rotatable bonds is 4. The Hall–Kier alpha value is -1.10. The molecule has 1 fully saturated rings. The summed E-state index contributed by atoms with van der Waals surface area (Å²) in [5.74, 6) is -0.504. The highest BCUT2D eigenvalue weighted by Gasteiger charge is 2.32. The first kappa shape index (κ1) is 14.0. The molecule has 5 heteroatoms. The smallest absolute Gasteiger partial charge is 0.320 e. The summed E-state index contributed by atoms with van der Waals surface area (Å²) in [5.41, 5.74) is 0. The van der Waals surface area contributed by atoms with Gasteiger partial charge in [-0.25, -0.2) is 0 Å². The van der Waals surface area contributed by atoms with Crippen molar-refractivity contribution >= 4 is 11.9 Å². The molecule has 17 heavy (non-hydrogen) atoms. The van der Waals surface area contributed by atoms with Gasteiger partial charge in [-0.15, -0.1) is 0 Å². The van der Waals surface area contributed by atoms with Gasteiger partial charge >= 0.3 is 5.97 Å². The maximum atomic E-state index is 11.6. The number of carbonyl (C=O) groups excluding carboxylic acids is 1. The number of amides is 1. The zero-order valence-electron chi connectivity index (χ0n) is 10.8. The van der Waals surface area contributed by atoms with Gasteiger partial charge in [-0.05, 0) is 39.2 Å². The number of nitrogens with one attached hydrogen (secondary N) is 1. The van der Waals surface area contributed by atoms with Crippen LogP contribution in [0.1, 0.15) is 33.6 Å². The van der Waals surface area contributed by atoms with Crippen LogP contribution in [0, 0.1) is 5.92 Å². The van der Waals surface area contributed by atoms with Crippen molar-refractivity contribution in [3.63, 3.8) is 0 Å². The monoisotopic (exact) mass is 242 g/mol. The first-order valence-corrected chi connectivity index (χ1v) is 6.16. The molecule has 0 aromatic rings. The van der Waals surface area contributed by atoms with E-state index in [1.54, 1.807) is 4.90 Å². The van der Waals surface area contributed by atoms with Crippen LogP contribution in [-0.4, -0.2) is 47.1 Å². The molecule has 0 aromatic heterocycles. The molecule has 1 aliphatic rings. The van der Waals surface area contributed by atoms with E-state index >= 15 is 0 Å². The third-order valence-electron chi connectivity index (χ3n) is 3.06. The fourth-order valence-electron chi connectivity index (χ4n) is 2.19. The standard InChI is InChI=1S/C12H22N2O3/c1-8(2)13-11(15)7-14-5-4-9(3)6-10(14)12(16)17/h8-10H,4-7H2,1-3H3,(H,13,15)(H,16,17). The lowest BCUT2D eigenvalue weighted by Crippen LogP contribution is -2.51. The molecule has 0 radical (unpaired) electrons. The van der Waals surface area contributed by atoms with E-state index in [1.807, 2.05) is 13.8 Å². The van der Waals surface area contributed by atoms with Crippen LogP contribution in [0.2, 0.25) is 0 Å². The Bertz CT molecular complexity index is 291. The van der Waals surface area contributed by atoms with Crippen LogP contribution in [0.4, 0.5) is 0 Å². The predicted octanol–water partition coefficient (Wildman–Crippen LogP) is 0.696. The summed E-state index contributed by atoms with van der Waals surface area (Å²) in [6.45, 7) is 6.71. The molecule has 98 valence electrons. The molecule has 2 N–H and O–H groups in total. The number of carbonyl (C=O) groups is 2.